The average Bonchev–Trinajstić information content (AvgIpc) is 2.56. The number of benzene rings is 2. The molecule has 0 aliphatic heterocycles. The Hall–Kier alpha value is -1.59. The minimum absolute atomic E-state index is 0.0270. The summed E-state index contributed by atoms with van der Waals surface area (Å²) < 4.78 is 0.774. The van der Waals surface area contributed by atoms with Crippen LogP contribution in [0.3, 0.4) is 0 Å². The Morgan fingerprint density at radius 1 is 1.17 bits per heavy atom. The van der Waals surface area contributed by atoms with E-state index in [1.807, 2.05) is 49.4 Å². The maximum Gasteiger partial charge on any atom is 0.237 e. The molecule has 0 aromatic heterocycles. The molecule has 0 spiro atoms. The average molecular weight is 347 g/mol. The molecule has 0 saturated heterocycles. The van der Waals surface area contributed by atoms with Crippen molar-refractivity contribution < 1.29 is 4.79 Å². The summed E-state index contributed by atoms with van der Waals surface area (Å²) in [5, 5.41) is 4.96. The quantitative estimate of drug-likeness (QED) is 0.807. The molecule has 0 radical (unpaired) electrons. The van der Waals surface area contributed by atoms with E-state index in [2.05, 4.69) is 24.1 Å². The predicted octanol–water partition coefficient (Wildman–Crippen LogP) is 4.53. The predicted molar refractivity (Wildman–Crippen MR) is 105 cm³/mol. The van der Waals surface area contributed by atoms with Crippen LogP contribution in [0, 0.1) is 0 Å². The van der Waals surface area contributed by atoms with Crippen LogP contribution >= 0.6 is 24.0 Å². The summed E-state index contributed by atoms with van der Waals surface area (Å²) in [6.07, 6.45) is 0. The second-order valence-electron chi connectivity index (χ2n) is 5.21. The molecule has 0 heterocycles. The smallest absolute Gasteiger partial charge is 0.237 e. The standard InChI is InChI=1S/C18H22N2OS2/c1-4-20(5-2)18(22)23-13(3)17(21)19-16-12-8-10-14-9-6-7-11-15(14)16/h6-13H,4-5H2,1-3H3,(H,19,21). The summed E-state index contributed by atoms with van der Waals surface area (Å²) in [7, 11) is 0. The summed E-state index contributed by atoms with van der Waals surface area (Å²) in [4.78, 5) is 14.6. The summed E-state index contributed by atoms with van der Waals surface area (Å²) in [6.45, 7) is 7.75. The molecular formula is C18H22N2OS2. The SMILES string of the molecule is CCN(CC)C(=S)SC(C)C(=O)Nc1cccc2ccccc12. The minimum Gasteiger partial charge on any atom is -0.358 e. The summed E-state index contributed by atoms with van der Waals surface area (Å²) in [5.74, 6) is -0.0270. The van der Waals surface area contributed by atoms with Gasteiger partial charge in [-0.3, -0.25) is 4.79 Å². The Bertz CT molecular complexity index is 693. The second kappa shape index (κ2) is 8.31. The van der Waals surface area contributed by atoms with E-state index in [0.717, 1.165) is 33.9 Å². The third-order valence-corrected chi connectivity index (χ3v) is 5.29. The number of nitrogens with one attached hydrogen (secondary N) is 1. The first-order valence-electron chi connectivity index (χ1n) is 7.81. The first-order chi connectivity index (χ1) is 11.1. The Morgan fingerprint density at radius 3 is 2.52 bits per heavy atom. The van der Waals surface area contributed by atoms with E-state index >= 15 is 0 Å². The lowest BCUT2D eigenvalue weighted by molar-refractivity contribution is -0.115. The van der Waals surface area contributed by atoms with Crippen LogP contribution in [0.2, 0.25) is 0 Å². The van der Waals surface area contributed by atoms with Gasteiger partial charge in [-0.25, -0.2) is 0 Å². The zero-order valence-electron chi connectivity index (χ0n) is 13.7. The van der Waals surface area contributed by atoms with Gasteiger partial charge in [0.15, 0.2) is 0 Å². The Kier molecular flexibility index (Phi) is 6.42. The van der Waals surface area contributed by atoms with Crippen LogP contribution in [0.4, 0.5) is 5.69 Å². The van der Waals surface area contributed by atoms with Crippen molar-refractivity contribution in [2.45, 2.75) is 26.0 Å². The van der Waals surface area contributed by atoms with Gasteiger partial charge in [0.2, 0.25) is 5.91 Å². The highest BCUT2D eigenvalue weighted by Crippen LogP contribution is 2.24. The molecule has 122 valence electrons. The Labute approximate surface area is 147 Å². The molecule has 23 heavy (non-hydrogen) atoms. The number of hydrogen-bond donors (Lipinski definition) is 1. The Morgan fingerprint density at radius 2 is 1.83 bits per heavy atom. The number of nitrogens with zero attached hydrogens (tertiary/aromatic N) is 1. The van der Waals surface area contributed by atoms with E-state index in [-0.39, 0.29) is 11.2 Å². The van der Waals surface area contributed by atoms with E-state index in [0.29, 0.717) is 0 Å². The molecule has 5 heteroatoms. The van der Waals surface area contributed by atoms with Crippen molar-refractivity contribution in [3.8, 4) is 0 Å². The zero-order valence-corrected chi connectivity index (χ0v) is 15.3. The van der Waals surface area contributed by atoms with Crippen molar-refractivity contribution in [2.75, 3.05) is 18.4 Å². The lowest BCUT2D eigenvalue weighted by atomic mass is 10.1. The lowest BCUT2D eigenvalue weighted by Gasteiger charge is -2.23. The van der Waals surface area contributed by atoms with Crippen molar-refractivity contribution in [2.24, 2.45) is 0 Å². The van der Waals surface area contributed by atoms with Crippen molar-refractivity contribution >= 4 is 50.7 Å². The van der Waals surface area contributed by atoms with Gasteiger partial charge in [0, 0.05) is 24.2 Å². The maximum atomic E-state index is 12.5. The number of carbonyl (C=O) groups excluding carboxylic acids is 1. The van der Waals surface area contributed by atoms with Crippen LogP contribution in [-0.2, 0) is 4.79 Å². The van der Waals surface area contributed by atoms with Crippen LogP contribution in [0.15, 0.2) is 42.5 Å². The van der Waals surface area contributed by atoms with Gasteiger partial charge < -0.3 is 10.2 Å². The van der Waals surface area contributed by atoms with E-state index in [9.17, 15) is 4.79 Å². The highest BCUT2D eigenvalue weighted by atomic mass is 32.2. The fourth-order valence-corrected chi connectivity index (χ4v) is 3.90. The van der Waals surface area contributed by atoms with Crippen LogP contribution in [0.5, 0.6) is 0 Å². The molecule has 0 bridgehead atoms. The number of rotatable bonds is 5. The van der Waals surface area contributed by atoms with Gasteiger partial charge in [0.1, 0.15) is 4.32 Å². The molecule has 1 atom stereocenters. The summed E-state index contributed by atoms with van der Waals surface area (Å²) in [6, 6.07) is 14.0. The van der Waals surface area contributed by atoms with Gasteiger partial charge in [-0.15, -0.1) is 0 Å². The normalized spacial score (nSPS) is 12.0. The molecule has 0 fully saturated rings. The molecule has 0 aliphatic rings. The first-order valence-corrected chi connectivity index (χ1v) is 9.09. The van der Waals surface area contributed by atoms with Gasteiger partial charge >= 0.3 is 0 Å². The monoisotopic (exact) mass is 346 g/mol. The van der Waals surface area contributed by atoms with E-state index in [4.69, 9.17) is 12.2 Å². The molecule has 0 saturated carbocycles. The topological polar surface area (TPSA) is 32.3 Å². The van der Waals surface area contributed by atoms with Crippen LogP contribution < -0.4 is 5.32 Å². The van der Waals surface area contributed by atoms with Gasteiger partial charge in [-0.2, -0.15) is 0 Å². The van der Waals surface area contributed by atoms with Crippen molar-refractivity contribution in [3.05, 3.63) is 42.5 Å². The highest BCUT2D eigenvalue weighted by Gasteiger charge is 2.18. The van der Waals surface area contributed by atoms with E-state index in [1.165, 1.54) is 11.8 Å². The molecule has 2 rings (SSSR count). The van der Waals surface area contributed by atoms with Gasteiger partial charge in [-0.05, 0) is 32.2 Å². The molecule has 2 aromatic rings. The molecule has 0 aliphatic carbocycles. The second-order valence-corrected chi connectivity index (χ2v) is 7.19. The molecule has 1 amide bonds. The number of thiocarbonyl (C=S) groups is 1. The summed E-state index contributed by atoms with van der Waals surface area (Å²) in [5.41, 5.74) is 0.842. The number of anilines is 1. The zero-order chi connectivity index (χ0) is 16.8. The van der Waals surface area contributed by atoms with Crippen LogP contribution in [0.25, 0.3) is 10.8 Å². The molecular weight excluding hydrogens is 324 g/mol. The number of fused-ring (bicyclic) bond motifs is 1. The van der Waals surface area contributed by atoms with Crippen molar-refractivity contribution in [3.63, 3.8) is 0 Å². The number of thioether (sulfide) groups is 1. The lowest BCUT2D eigenvalue weighted by Crippen LogP contribution is -2.31. The van der Waals surface area contributed by atoms with Gasteiger partial charge in [0.25, 0.3) is 0 Å². The fourth-order valence-electron chi connectivity index (χ4n) is 2.33. The number of hydrogen-bond acceptors (Lipinski definition) is 3. The molecule has 3 nitrogen and oxygen atoms in total. The van der Waals surface area contributed by atoms with E-state index < -0.39 is 0 Å². The van der Waals surface area contributed by atoms with Crippen LogP contribution in [0.1, 0.15) is 20.8 Å². The van der Waals surface area contributed by atoms with Crippen molar-refractivity contribution in [1.82, 2.24) is 4.90 Å². The molecule has 1 unspecified atom stereocenters. The molecule has 1 N–H and O–H groups in total. The highest BCUT2D eigenvalue weighted by molar-refractivity contribution is 8.23. The van der Waals surface area contributed by atoms with Crippen molar-refractivity contribution in [1.29, 1.82) is 0 Å². The van der Waals surface area contributed by atoms with Gasteiger partial charge in [-0.1, -0.05) is 60.4 Å². The van der Waals surface area contributed by atoms with E-state index in [1.54, 1.807) is 0 Å². The number of carbonyl (C=O) groups is 1. The van der Waals surface area contributed by atoms with Gasteiger partial charge in [0.05, 0.1) is 5.25 Å². The summed E-state index contributed by atoms with van der Waals surface area (Å²) >= 11 is 6.85. The maximum absolute atomic E-state index is 12.5. The molecule has 2 aromatic carbocycles. The third-order valence-electron chi connectivity index (χ3n) is 3.72. The Balaban J connectivity index is 2.07. The minimum atomic E-state index is -0.234. The van der Waals surface area contributed by atoms with Crippen LogP contribution in [-0.4, -0.2) is 33.5 Å². The number of amides is 1. The third kappa shape index (κ3) is 4.45. The fraction of sp³-hybridized carbons (Fsp3) is 0.333. The largest absolute Gasteiger partial charge is 0.358 e. The first kappa shape index (κ1) is 17.8.